The second kappa shape index (κ2) is 4.24. The third-order valence-corrected chi connectivity index (χ3v) is 3.93. The normalized spacial score (nSPS) is 14.9. The third kappa shape index (κ3) is 2.05. The van der Waals surface area contributed by atoms with E-state index >= 15 is 0 Å². The maximum atomic E-state index is 4.46. The van der Waals surface area contributed by atoms with E-state index in [4.69, 9.17) is 0 Å². The maximum absolute atomic E-state index is 4.46. The predicted octanol–water partition coefficient (Wildman–Crippen LogP) is 1.41. The van der Waals surface area contributed by atoms with Crippen molar-refractivity contribution in [1.29, 1.82) is 0 Å². The summed E-state index contributed by atoms with van der Waals surface area (Å²) in [5.74, 6) is 0. The van der Waals surface area contributed by atoms with Gasteiger partial charge in [-0.15, -0.1) is 37.9 Å². The molecule has 0 aliphatic carbocycles. The Morgan fingerprint density at radius 1 is 1.20 bits per heavy atom. The number of benzene rings is 1. The van der Waals surface area contributed by atoms with Gasteiger partial charge >= 0.3 is 0 Å². The van der Waals surface area contributed by atoms with E-state index in [-0.39, 0.29) is 0 Å². The van der Waals surface area contributed by atoms with Crippen molar-refractivity contribution in [2.45, 2.75) is 16.3 Å². The van der Waals surface area contributed by atoms with Crippen molar-refractivity contribution in [3.63, 3.8) is 0 Å². The van der Waals surface area contributed by atoms with Crippen LogP contribution in [0.5, 0.6) is 0 Å². The molecule has 6 heteroatoms. The number of rotatable bonds is 0. The maximum Gasteiger partial charge on any atom is 0.141 e. The lowest BCUT2D eigenvalue weighted by atomic mass is 9.86. The summed E-state index contributed by atoms with van der Waals surface area (Å²) in [6.45, 7) is 0.760. The van der Waals surface area contributed by atoms with Crippen molar-refractivity contribution in [3.05, 3.63) is 23.4 Å². The van der Waals surface area contributed by atoms with Gasteiger partial charge in [-0.1, -0.05) is 18.3 Å². The van der Waals surface area contributed by atoms with E-state index < -0.39 is 0 Å². The van der Waals surface area contributed by atoms with Gasteiger partial charge in [0.1, 0.15) is 7.85 Å². The monoisotopic (exact) mass is 271 g/mol. The molecule has 0 radical (unpaired) electrons. The van der Waals surface area contributed by atoms with Gasteiger partial charge in [0, 0.05) is 21.6 Å². The van der Waals surface area contributed by atoms with E-state index in [0.29, 0.717) is 0 Å². The van der Waals surface area contributed by atoms with E-state index in [1.807, 2.05) is 16.6 Å². The van der Waals surface area contributed by atoms with E-state index in [1.165, 1.54) is 11.0 Å². The van der Waals surface area contributed by atoms with Crippen LogP contribution in [0, 0.1) is 0 Å². The Morgan fingerprint density at radius 3 is 2.53 bits per heavy atom. The number of nitrogens with zero attached hydrogens (tertiary/aromatic N) is 1. The predicted molar refractivity (Wildman–Crippen MR) is 80.6 cm³/mol. The van der Waals surface area contributed by atoms with Gasteiger partial charge in [0.25, 0.3) is 0 Å². The molecule has 0 spiro atoms. The van der Waals surface area contributed by atoms with Gasteiger partial charge < -0.3 is 4.31 Å². The molecular formula is C9H10BNS4. The Labute approximate surface area is 112 Å². The first-order valence-corrected chi connectivity index (χ1v) is 6.16. The van der Waals surface area contributed by atoms with Crippen molar-refractivity contribution in [1.82, 2.24) is 4.31 Å². The van der Waals surface area contributed by atoms with Crippen LogP contribution < -0.4 is 5.46 Å². The first kappa shape index (κ1) is 11.7. The largest absolute Gasteiger partial charge is 0.320 e. The molecule has 0 bridgehead atoms. The lowest BCUT2D eigenvalue weighted by molar-refractivity contribution is 0.620. The molecular weight excluding hydrogens is 261 g/mol. The summed E-state index contributed by atoms with van der Waals surface area (Å²) in [7, 11) is 2.06. The second-order valence-electron chi connectivity index (χ2n) is 3.51. The zero-order valence-electron chi connectivity index (χ0n) is 8.10. The summed E-state index contributed by atoms with van der Waals surface area (Å²) in [5.41, 5.74) is 3.47. The molecule has 1 nitrogen and oxygen atoms in total. The van der Waals surface area contributed by atoms with Gasteiger partial charge in [-0.25, -0.2) is 0 Å². The van der Waals surface area contributed by atoms with Gasteiger partial charge in [0.2, 0.25) is 0 Å². The molecule has 1 heterocycles. The van der Waals surface area contributed by atoms with Gasteiger partial charge in [-0.3, -0.25) is 0 Å². The van der Waals surface area contributed by atoms with Crippen LogP contribution in [-0.4, -0.2) is 12.2 Å². The first-order chi connectivity index (χ1) is 7.00. The fourth-order valence-electron chi connectivity index (χ4n) is 1.70. The molecule has 0 saturated carbocycles. The molecule has 0 saturated heterocycles. The Balaban J connectivity index is 2.72. The summed E-state index contributed by atoms with van der Waals surface area (Å²) in [4.78, 5) is 2.78. The Morgan fingerprint density at radius 2 is 1.87 bits per heavy atom. The van der Waals surface area contributed by atoms with Gasteiger partial charge in [-0.2, -0.15) is 0 Å². The molecule has 0 N–H and O–H groups in total. The highest BCUT2D eigenvalue weighted by molar-refractivity contribution is 7.90. The fraction of sp³-hybridized carbons (Fsp3) is 0.111. The average molecular weight is 271 g/mol. The number of hydrogen-bond acceptors (Lipinski definition) is 5. The number of fused-ring (bicyclic) bond motifs is 1. The SMILES string of the molecule is Bc1c(S)cc(S)c2c1CN(S)C=C2S. The molecule has 1 aromatic rings. The average Bonchev–Trinajstić information content (AvgIpc) is 2.12. The van der Waals surface area contributed by atoms with Crippen molar-refractivity contribution >= 4 is 68.9 Å². The lowest BCUT2D eigenvalue weighted by Gasteiger charge is -2.26. The van der Waals surface area contributed by atoms with E-state index in [0.717, 1.165) is 26.8 Å². The van der Waals surface area contributed by atoms with Crippen LogP contribution >= 0.6 is 50.7 Å². The van der Waals surface area contributed by atoms with Gasteiger partial charge in [0.15, 0.2) is 0 Å². The molecule has 2 rings (SSSR count). The summed E-state index contributed by atoms with van der Waals surface area (Å²) in [5, 5.41) is 0. The fourth-order valence-corrected chi connectivity index (χ4v) is 3.28. The quantitative estimate of drug-likeness (QED) is 0.410. The molecule has 0 aromatic heterocycles. The van der Waals surface area contributed by atoms with Crippen LogP contribution in [0.4, 0.5) is 0 Å². The van der Waals surface area contributed by atoms with Crippen LogP contribution in [0.2, 0.25) is 0 Å². The van der Waals surface area contributed by atoms with Crippen LogP contribution in [0.25, 0.3) is 4.91 Å². The Hall–Kier alpha value is 0.225. The zero-order chi connectivity index (χ0) is 11.2. The number of thiol groups is 4. The van der Waals surface area contributed by atoms with Gasteiger partial charge in [0.05, 0.1) is 6.54 Å². The summed E-state index contributed by atoms with van der Waals surface area (Å²) >= 11 is 17.7. The minimum absolute atomic E-state index is 0.760. The van der Waals surface area contributed by atoms with Crippen LogP contribution in [0.3, 0.4) is 0 Å². The molecule has 0 fully saturated rings. The minimum Gasteiger partial charge on any atom is -0.320 e. The molecule has 1 aliphatic heterocycles. The topological polar surface area (TPSA) is 3.24 Å². The van der Waals surface area contributed by atoms with Crippen molar-refractivity contribution in [2.24, 2.45) is 0 Å². The highest BCUT2D eigenvalue weighted by Gasteiger charge is 2.19. The molecule has 0 atom stereocenters. The summed E-state index contributed by atoms with van der Waals surface area (Å²) in [6, 6.07) is 1.96. The molecule has 1 aromatic carbocycles. The minimum atomic E-state index is 0.760. The molecule has 0 unspecified atom stereocenters. The van der Waals surface area contributed by atoms with Gasteiger partial charge in [-0.05, 0) is 16.5 Å². The smallest absolute Gasteiger partial charge is 0.141 e. The van der Waals surface area contributed by atoms with Crippen molar-refractivity contribution in [2.75, 3.05) is 0 Å². The molecule has 78 valence electrons. The second-order valence-corrected chi connectivity index (χ2v) is 5.46. The number of hydrogen-bond donors (Lipinski definition) is 4. The van der Waals surface area contributed by atoms with Crippen molar-refractivity contribution < 1.29 is 0 Å². The summed E-state index contributed by atoms with van der Waals surface area (Å²) in [6.07, 6.45) is 1.89. The highest BCUT2D eigenvalue weighted by Crippen LogP contribution is 2.34. The molecule has 15 heavy (non-hydrogen) atoms. The highest BCUT2D eigenvalue weighted by atomic mass is 32.1. The molecule has 0 amide bonds. The van der Waals surface area contributed by atoms with E-state index in [2.05, 4.69) is 58.5 Å². The molecule has 1 aliphatic rings. The Bertz CT molecular complexity index is 458. The summed E-state index contributed by atoms with van der Waals surface area (Å²) < 4.78 is 1.82. The Kier molecular flexibility index (Phi) is 3.31. The lowest BCUT2D eigenvalue weighted by Crippen LogP contribution is -2.23. The third-order valence-electron chi connectivity index (χ3n) is 2.52. The van der Waals surface area contributed by atoms with E-state index in [1.54, 1.807) is 0 Å². The standard InChI is InChI=1S/C9H10BNS4/c10-9-4-2-11(15)3-7(14)8(4)5(12)1-6(9)13/h1,3,12-15H,2,10H2. The van der Waals surface area contributed by atoms with Crippen LogP contribution in [-0.2, 0) is 6.54 Å². The van der Waals surface area contributed by atoms with E-state index in [9.17, 15) is 0 Å². The first-order valence-electron chi connectivity index (χ1n) is 4.41. The zero-order valence-corrected chi connectivity index (χ0v) is 11.7. The van der Waals surface area contributed by atoms with Crippen LogP contribution in [0.1, 0.15) is 11.1 Å². The van der Waals surface area contributed by atoms with Crippen LogP contribution in [0.15, 0.2) is 22.1 Å². The van der Waals surface area contributed by atoms with Crippen molar-refractivity contribution in [3.8, 4) is 0 Å².